The minimum atomic E-state index is -0.834. The first-order valence-electron chi connectivity index (χ1n) is 10.5. The van der Waals surface area contributed by atoms with Gasteiger partial charge >= 0.3 is 5.97 Å². The SMILES string of the molecule is CCCCc1ccc(NC(=O)COC(=O)c2cn(CC)c3nc(C)ccc3c2=O)cc1. The van der Waals surface area contributed by atoms with Gasteiger partial charge in [-0.1, -0.05) is 25.5 Å². The number of pyridine rings is 2. The molecule has 2 aromatic heterocycles. The molecule has 0 bridgehead atoms. The van der Waals surface area contributed by atoms with Gasteiger partial charge in [0.1, 0.15) is 11.2 Å². The fourth-order valence-corrected chi connectivity index (χ4v) is 3.29. The molecule has 0 spiro atoms. The van der Waals surface area contributed by atoms with Crippen LogP contribution in [0, 0.1) is 6.92 Å². The molecular weight excluding hydrogens is 394 g/mol. The number of hydrogen-bond donors (Lipinski definition) is 1. The van der Waals surface area contributed by atoms with Crippen LogP contribution in [0.3, 0.4) is 0 Å². The molecule has 0 aliphatic rings. The standard InChI is InChI=1S/C24H27N3O4/c1-4-6-7-17-9-11-18(12-10-17)26-21(28)15-31-24(30)20-14-27(5-2)23-19(22(20)29)13-8-16(3)25-23/h8-14H,4-7,15H2,1-3H3,(H,26,28). The van der Waals surface area contributed by atoms with Crippen LogP contribution in [0.2, 0.25) is 0 Å². The highest BCUT2D eigenvalue weighted by Gasteiger charge is 2.18. The fourth-order valence-electron chi connectivity index (χ4n) is 3.29. The van der Waals surface area contributed by atoms with Gasteiger partial charge in [0.2, 0.25) is 5.43 Å². The van der Waals surface area contributed by atoms with Gasteiger partial charge in [-0.25, -0.2) is 9.78 Å². The molecule has 0 saturated carbocycles. The number of carbonyl (C=O) groups excluding carboxylic acids is 2. The lowest BCUT2D eigenvalue weighted by atomic mass is 10.1. The Morgan fingerprint density at radius 3 is 2.52 bits per heavy atom. The van der Waals surface area contributed by atoms with E-state index < -0.39 is 23.9 Å². The minimum Gasteiger partial charge on any atom is -0.452 e. The van der Waals surface area contributed by atoms with Crippen molar-refractivity contribution in [2.45, 2.75) is 46.6 Å². The van der Waals surface area contributed by atoms with E-state index in [1.807, 2.05) is 38.1 Å². The van der Waals surface area contributed by atoms with E-state index >= 15 is 0 Å². The summed E-state index contributed by atoms with van der Waals surface area (Å²) >= 11 is 0. The summed E-state index contributed by atoms with van der Waals surface area (Å²) in [5.74, 6) is -1.30. The van der Waals surface area contributed by atoms with E-state index in [1.165, 1.54) is 11.8 Å². The number of amides is 1. The summed E-state index contributed by atoms with van der Waals surface area (Å²) in [6, 6.07) is 11.0. The number of unbranched alkanes of at least 4 members (excludes halogenated alkanes) is 1. The smallest absolute Gasteiger partial charge is 0.344 e. The van der Waals surface area contributed by atoms with Crippen LogP contribution in [-0.2, 0) is 22.5 Å². The summed E-state index contributed by atoms with van der Waals surface area (Å²) in [5, 5.41) is 3.04. The number of esters is 1. The zero-order valence-corrected chi connectivity index (χ0v) is 18.1. The molecule has 162 valence electrons. The van der Waals surface area contributed by atoms with Crippen molar-refractivity contribution in [1.82, 2.24) is 9.55 Å². The van der Waals surface area contributed by atoms with E-state index in [-0.39, 0.29) is 5.56 Å². The van der Waals surface area contributed by atoms with Gasteiger partial charge < -0.3 is 14.6 Å². The van der Waals surface area contributed by atoms with Gasteiger partial charge in [0.15, 0.2) is 6.61 Å². The molecule has 31 heavy (non-hydrogen) atoms. The Morgan fingerprint density at radius 2 is 1.84 bits per heavy atom. The van der Waals surface area contributed by atoms with Crippen LogP contribution in [0.4, 0.5) is 5.69 Å². The van der Waals surface area contributed by atoms with Crippen LogP contribution < -0.4 is 10.7 Å². The van der Waals surface area contributed by atoms with Crippen LogP contribution in [-0.4, -0.2) is 28.0 Å². The number of fused-ring (bicyclic) bond motifs is 1. The Bertz CT molecular complexity index is 1150. The Labute approximate surface area is 181 Å². The predicted octanol–water partition coefficient (Wildman–Crippen LogP) is 3.86. The summed E-state index contributed by atoms with van der Waals surface area (Å²) in [5.41, 5.74) is 2.55. The average Bonchev–Trinajstić information content (AvgIpc) is 2.77. The summed E-state index contributed by atoms with van der Waals surface area (Å²) in [4.78, 5) is 41.8. The largest absolute Gasteiger partial charge is 0.452 e. The lowest BCUT2D eigenvalue weighted by molar-refractivity contribution is -0.119. The Kier molecular flexibility index (Phi) is 7.18. The third kappa shape index (κ3) is 5.36. The summed E-state index contributed by atoms with van der Waals surface area (Å²) in [6.07, 6.45) is 4.68. The normalized spacial score (nSPS) is 10.8. The number of aromatic nitrogens is 2. The lowest BCUT2D eigenvalue weighted by Gasteiger charge is -2.11. The Balaban J connectivity index is 1.67. The molecule has 2 heterocycles. The highest BCUT2D eigenvalue weighted by molar-refractivity contribution is 5.96. The molecule has 7 heteroatoms. The second-order valence-corrected chi connectivity index (χ2v) is 7.41. The maximum Gasteiger partial charge on any atom is 0.344 e. The third-order valence-corrected chi connectivity index (χ3v) is 5.01. The van der Waals surface area contributed by atoms with Crippen LogP contribution in [0.5, 0.6) is 0 Å². The highest BCUT2D eigenvalue weighted by atomic mass is 16.5. The van der Waals surface area contributed by atoms with Gasteiger partial charge in [0.25, 0.3) is 5.91 Å². The number of ether oxygens (including phenoxy) is 1. The molecule has 0 unspecified atom stereocenters. The first kappa shape index (κ1) is 22.2. The average molecular weight is 421 g/mol. The summed E-state index contributed by atoms with van der Waals surface area (Å²) in [7, 11) is 0. The molecule has 3 aromatic rings. The molecule has 0 fully saturated rings. The van der Waals surface area contributed by atoms with Gasteiger partial charge in [-0.15, -0.1) is 0 Å². The molecule has 1 aromatic carbocycles. The molecule has 1 N–H and O–H groups in total. The number of hydrogen-bond acceptors (Lipinski definition) is 5. The van der Waals surface area contributed by atoms with Crippen LogP contribution in [0.1, 0.15) is 48.3 Å². The summed E-state index contributed by atoms with van der Waals surface area (Å²) in [6.45, 7) is 5.92. The maximum absolute atomic E-state index is 12.7. The molecule has 0 atom stereocenters. The number of nitrogens with zero attached hydrogens (tertiary/aromatic N) is 2. The second-order valence-electron chi connectivity index (χ2n) is 7.41. The zero-order chi connectivity index (χ0) is 22.4. The highest BCUT2D eigenvalue weighted by Crippen LogP contribution is 2.13. The van der Waals surface area contributed by atoms with Crippen molar-refractivity contribution in [2.24, 2.45) is 0 Å². The Hall–Kier alpha value is -3.48. The van der Waals surface area contributed by atoms with Crippen LogP contribution in [0.25, 0.3) is 11.0 Å². The Morgan fingerprint density at radius 1 is 1.10 bits per heavy atom. The number of nitrogens with one attached hydrogen (secondary N) is 1. The van der Waals surface area contributed by atoms with E-state index in [4.69, 9.17) is 4.74 Å². The van der Waals surface area contributed by atoms with Gasteiger partial charge in [0.05, 0.1) is 5.39 Å². The first-order chi connectivity index (χ1) is 14.9. The second kappa shape index (κ2) is 10.0. The monoisotopic (exact) mass is 421 g/mol. The van der Waals surface area contributed by atoms with Gasteiger partial charge in [-0.3, -0.25) is 9.59 Å². The lowest BCUT2D eigenvalue weighted by Crippen LogP contribution is -2.25. The van der Waals surface area contributed by atoms with Crippen molar-refractivity contribution in [3.8, 4) is 0 Å². The van der Waals surface area contributed by atoms with Crippen molar-refractivity contribution in [3.63, 3.8) is 0 Å². The van der Waals surface area contributed by atoms with Crippen LogP contribution in [0.15, 0.2) is 47.4 Å². The minimum absolute atomic E-state index is 0.118. The number of carbonyl (C=O) groups is 2. The number of aryl methyl sites for hydroxylation is 3. The summed E-state index contributed by atoms with van der Waals surface area (Å²) < 4.78 is 6.83. The van der Waals surface area contributed by atoms with Gasteiger partial charge in [-0.2, -0.15) is 0 Å². The van der Waals surface area contributed by atoms with Crippen molar-refractivity contribution >= 4 is 28.6 Å². The van der Waals surface area contributed by atoms with E-state index in [0.717, 1.165) is 25.0 Å². The molecule has 7 nitrogen and oxygen atoms in total. The maximum atomic E-state index is 12.7. The molecule has 3 rings (SSSR count). The molecule has 0 radical (unpaired) electrons. The molecular formula is C24H27N3O4. The van der Waals surface area contributed by atoms with Crippen molar-refractivity contribution in [2.75, 3.05) is 11.9 Å². The number of rotatable bonds is 8. The fraction of sp³-hybridized carbons (Fsp3) is 0.333. The van der Waals surface area contributed by atoms with E-state index in [0.29, 0.717) is 23.3 Å². The van der Waals surface area contributed by atoms with E-state index in [2.05, 4.69) is 17.2 Å². The van der Waals surface area contributed by atoms with Gasteiger partial charge in [0, 0.05) is 24.1 Å². The molecule has 1 amide bonds. The number of benzene rings is 1. The number of anilines is 1. The van der Waals surface area contributed by atoms with Crippen molar-refractivity contribution < 1.29 is 14.3 Å². The molecule has 0 saturated heterocycles. The molecule has 0 aliphatic heterocycles. The zero-order valence-electron chi connectivity index (χ0n) is 18.1. The van der Waals surface area contributed by atoms with Crippen molar-refractivity contribution in [1.29, 1.82) is 0 Å². The van der Waals surface area contributed by atoms with Gasteiger partial charge in [-0.05, 0) is 56.5 Å². The first-order valence-corrected chi connectivity index (χ1v) is 10.5. The third-order valence-electron chi connectivity index (χ3n) is 5.01. The van der Waals surface area contributed by atoms with Crippen molar-refractivity contribution in [3.05, 3.63) is 69.6 Å². The quantitative estimate of drug-likeness (QED) is 0.558. The van der Waals surface area contributed by atoms with E-state index in [9.17, 15) is 14.4 Å². The van der Waals surface area contributed by atoms with Crippen LogP contribution >= 0.6 is 0 Å². The predicted molar refractivity (Wildman–Crippen MR) is 120 cm³/mol. The van der Waals surface area contributed by atoms with E-state index in [1.54, 1.807) is 16.7 Å². The topological polar surface area (TPSA) is 90.3 Å². The molecule has 0 aliphatic carbocycles.